The fourth-order valence-corrected chi connectivity index (χ4v) is 5.06. The average Bonchev–Trinajstić information content (AvgIpc) is 2.16. The van der Waals surface area contributed by atoms with Gasteiger partial charge in [0.25, 0.3) is 0 Å². The molecule has 0 aromatic rings. The molecule has 0 radical (unpaired) electrons. The van der Waals surface area contributed by atoms with E-state index in [2.05, 4.69) is 0 Å². The largest absolute Gasteiger partial charge is 0.339 e. The first-order valence-electron chi connectivity index (χ1n) is 5.99. The van der Waals surface area contributed by atoms with Crippen molar-refractivity contribution in [2.75, 3.05) is 38.2 Å². The van der Waals surface area contributed by atoms with Gasteiger partial charge < -0.3 is 39.1 Å². The SMILES string of the molecule is O=P(O)(O)CN(CCN(CP(=O)(O)O)CP(=O)(O)O)CP(=O)(O)O.[153Gd]. The fourth-order valence-electron chi connectivity index (χ4n) is 1.70. The average molecular weight is 589 g/mol. The van der Waals surface area contributed by atoms with Crippen molar-refractivity contribution in [3.8, 4) is 0 Å². The number of nitrogens with zero attached hydrogens (tertiary/aromatic N) is 2. The van der Waals surface area contributed by atoms with Gasteiger partial charge in [0.05, 0.1) is 0 Å². The van der Waals surface area contributed by atoms with Gasteiger partial charge in [-0.05, 0) is 0 Å². The second-order valence-corrected chi connectivity index (χ2v) is 11.5. The summed E-state index contributed by atoms with van der Waals surface area (Å²) < 4.78 is 43.9. The molecule has 0 heterocycles. The molecule has 0 atom stereocenters. The van der Waals surface area contributed by atoms with Crippen LogP contribution in [0.1, 0.15) is 0 Å². The smallest absolute Gasteiger partial charge is 0.324 e. The van der Waals surface area contributed by atoms with Crippen LogP contribution in [-0.4, -0.2) is 87.2 Å². The molecule has 0 aromatic carbocycles. The third-order valence-corrected chi connectivity index (χ3v) is 5.34. The zero-order valence-corrected chi connectivity index (χ0v) is 18.3. The molecule has 0 rings (SSSR count). The van der Waals surface area contributed by atoms with Crippen molar-refractivity contribution in [2.24, 2.45) is 0 Å². The minimum absolute atomic E-state index is 0. The Hall–Kier alpha value is 1.84. The van der Waals surface area contributed by atoms with Crippen molar-refractivity contribution in [1.82, 2.24) is 9.80 Å². The van der Waals surface area contributed by atoms with Crippen LogP contribution < -0.4 is 0 Å². The molecule has 0 saturated carbocycles. The summed E-state index contributed by atoms with van der Waals surface area (Å²) >= 11 is 0. The van der Waals surface area contributed by atoms with E-state index < -0.39 is 68.6 Å². The van der Waals surface area contributed by atoms with Crippen LogP contribution in [0.4, 0.5) is 0 Å². The van der Waals surface area contributed by atoms with Gasteiger partial charge in [0.2, 0.25) is 0 Å². The summed E-state index contributed by atoms with van der Waals surface area (Å²) in [4.78, 5) is 72.3. The van der Waals surface area contributed by atoms with E-state index in [1.54, 1.807) is 0 Å². The molecule has 0 spiro atoms. The number of hydrogen-bond acceptors (Lipinski definition) is 6. The molecule has 0 aliphatic heterocycles. The van der Waals surface area contributed by atoms with Gasteiger partial charge in [-0.2, -0.15) is 0 Å². The molecule has 0 aromatic heterocycles. The Bertz CT molecular complexity index is 492. The Balaban J connectivity index is 0. The van der Waals surface area contributed by atoms with Gasteiger partial charge in [0, 0.05) is 53.0 Å². The van der Waals surface area contributed by atoms with E-state index >= 15 is 0 Å². The number of rotatable bonds is 11. The Kier molecular flexibility index (Phi) is 12.9. The molecule has 0 aliphatic rings. The quantitative estimate of drug-likeness (QED) is 0.123. The second kappa shape index (κ2) is 11.1. The van der Waals surface area contributed by atoms with Crippen molar-refractivity contribution in [3.63, 3.8) is 0 Å². The maximum atomic E-state index is 11.0. The molecule has 0 fully saturated rings. The second-order valence-electron chi connectivity index (χ2n) is 5.01. The van der Waals surface area contributed by atoms with E-state index in [1.165, 1.54) is 0 Å². The summed E-state index contributed by atoms with van der Waals surface area (Å²) in [5, 5.41) is 0. The first-order valence-corrected chi connectivity index (χ1v) is 13.2. The molecule has 0 amide bonds. The van der Waals surface area contributed by atoms with E-state index in [0.29, 0.717) is 9.80 Å². The van der Waals surface area contributed by atoms with E-state index in [1.807, 2.05) is 0 Å². The molecule has 0 saturated heterocycles. The maximum absolute atomic E-state index is 11.0. The Morgan fingerprint density at radius 2 is 0.640 bits per heavy atom. The van der Waals surface area contributed by atoms with Gasteiger partial charge in [-0.25, -0.2) is 0 Å². The van der Waals surface area contributed by atoms with E-state index in [9.17, 15) is 18.3 Å². The standard InChI is InChI=1S/C6H20N2O12P4.Gd/c9-21(10,11)3-7(4-22(12,13)14)1-2-8(5-23(15,16)17)6-24(18,19)20;/h1-6H2,(H2,9,10,11)(H2,12,13,14)(H2,15,16,17)(H2,18,19,20);/i;1-4. The summed E-state index contributed by atoms with van der Waals surface area (Å²) in [6, 6.07) is 0. The Morgan fingerprint density at radius 3 is 0.760 bits per heavy atom. The first kappa shape index (κ1) is 29.0. The zero-order chi connectivity index (χ0) is 19.4. The van der Waals surface area contributed by atoms with Crippen molar-refractivity contribution < 1.29 is 97.3 Å². The van der Waals surface area contributed by atoms with Gasteiger partial charge in [-0.3, -0.25) is 28.1 Å². The van der Waals surface area contributed by atoms with Crippen LogP contribution in [0.3, 0.4) is 0 Å². The molecular weight excluding hydrogens is 569 g/mol. The minimum Gasteiger partial charge on any atom is -0.324 e. The van der Waals surface area contributed by atoms with Crippen LogP contribution in [-0.2, 0) is 18.3 Å². The summed E-state index contributed by atoms with van der Waals surface area (Å²) in [5.74, 6) is 0. The van der Waals surface area contributed by atoms with E-state index in [-0.39, 0.29) is 39.9 Å². The van der Waals surface area contributed by atoms with Crippen LogP contribution in [0.15, 0.2) is 0 Å². The van der Waals surface area contributed by atoms with Crippen LogP contribution in [0.2, 0.25) is 0 Å². The minimum atomic E-state index is -4.69. The molecule has 19 heteroatoms. The zero-order valence-electron chi connectivity index (χ0n) is 12.5. The summed E-state index contributed by atoms with van der Waals surface area (Å²) in [7, 11) is -18.8. The van der Waals surface area contributed by atoms with Crippen molar-refractivity contribution >= 4 is 30.4 Å². The summed E-state index contributed by atoms with van der Waals surface area (Å²) in [6.07, 6.45) is -4.18. The maximum Gasteiger partial charge on any atom is 0.339 e. The molecule has 154 valence electrons. The number of hydrogen-bond donors (Lipinski definition) is 8. The summed E-state index contributed by atoms with van der Waals surface area (Å²) in [5.41, 5.74) is 0. The van der Waals surface area contributed by atoms with Gasteiger partial charge >= 0.3 is 30.4 Å². The molecule has 0 bridgehead atoms. The van der Waals surface area contributed by atoms with Crippen LogP contribution in [0, 0.1) is 39.9 Å². The van der Waals surface area contributed by atoms with Crippen molar-refractivity contribution in [2.45, 2.75) is 0 Å². The molecule has 0 aliphatic carbocycles. The molecule has 8 N–H and O–H groups in total. The van der Waals surface area contributed by atoms with Crippen molar-refractivity contribution in [3.05, 3.63) is 0 Å². The normalized spacial score (nSPS) is 14.0. The van der Waals surface area contributed by atoms with E-state index in [4.69, 9.17) is 39.1 Å². The first-order chi connectivity index (χ1) is 10.4. The van der Waals surface area contributed by atoms with Gasteiger partial charge in [0.15, 0.2) is 0 Å². The Morgan fingerprint density at radius 1 is 0.480 bits per heavy atom. The third-order valence-electron chi connectivity index (χ3n) is 2.27. The molecule has 0 unspecified atom stereocenters. The van der Waals surface area contributed by atoms with E-state index in [0.717, 1.165) is 0 Å². The molecule has 14 nitrogen and oxygen atoms in total. The van der Waals surface area contributed by atoms with Gasteiger partial charge in [-0.1, -0.05) is 0 Å². The van der Waals surface area contributed by atoms with Crippen LogP contribution in [0.5, 0.6) is 0 Å². The monoisotopic (exact) mass is 589 g/mol. The Labute approximate surface area is 174 Å². The summed E-state index contributed by atoms with van der Waals surface area (Å²) in [6.45, 7) is -1.01. The fraction of sp³-hybridized carbons (Fsp3) is 1.00. The topological polar surface area (TPSA) is 237 Å². The third kappa shape index (κ3) is 20.4. The van der Waals surface area contributed by atoms with Crippen LogP contribution in [0.25, 0.3) is 0 Å². The molecule has 25 heavy (non-hydrogen) atoms. The van der Waals surface area contributed by atoms with Gasteiger partial charge in [0.1, 0.15) is 25.1 Å². The van der Waals surface area contributed by atoms with Crippen molar-refractivity contribution in [1.29, 1.82) is 0 Å². The van der Waals surface area contributed by atoms with Gasteiger partial charge in [-0.15, -0.1) is 0 Å². The predicted molar refractivity (Wildman–Crippen MR) is 81.1 cm³/mol. The molecular formula is C6H20GdN2O12P4. The van der Waals surface area contributed by atoms with Crippen LogP contribution >= 0.6 is 30.4 Å². The predicted octanol–water partition coefficient (Wildman–Crippen LogP) is -1.87.